The van der Waals surface area contributed by atoms with Crippen LogP contribution in [0.4, 0.5) is 11.4 Å². The van der Waals surface area contributed by atoms with Crippen LogP contribution in [0, 0.1) is 0 Å². The molecular formula is C15H19IN2O4. The van der Waals surface area contributed by atoms with Crippen LogP contribution in [-0.2, 0) is 19.0 Å². The Kier molecular flexibility index (Phi) is 5.51. The van der Waals surface area contributed by atoms with E-state index in [1.54, 1.807) is 4.90 Å². The van der Waals surface area contributed by atoms with E-state index >= 15 is 0 Å². The minimum absolute atomic E-state index is 0.00971. The van der Waals surface area contributed by atoms with Crippen LogP contribution in [0.5, 0.6) is 0 Å². The number of amides is 1. The molecular weight excluding hydrogens is 399 g/mol. The molecule has 120 valence electrons. The monoisotopic (exact) mass is 418 g/mol. The minimum atomic E-state index is 0.00971. The number of carbonyl (C=O) groups excluding carboxylic acids is 1. The topological polar surface area (TPSA) is 51.2 Å². The van der Waals surface area contributed by atoms with E-state index in [9.17, 15) is 4.79 Å². The lowest BCUT2D eigenvalue weighted by molar-refractivity contribution is -0.125. The number of hydrogen-bond acceptors (Lipinski definition) is 5. The van der Waals surface area contributed by atoms with Gasteiger partial charge in [0.1, 0.15) is 20.1 Å². The van der Waals surface area contributed by atoms with E-state index < -0.39 is 0 Å². The first-order chi connectivity index (χ1) is 10.8. The molecule has 0 unspecified atom stereocenters. The van der Waals surface area contributed by atoms with Crippen molar-refractivity contribution in [3.8, 4) is 0 Å². The molecule has 0 N–H and O–H groups in total. The molecule has 2 saturated heterocycles. The Morgan fingerprint density at radius 3 is 2.68 bits per heavy atom. The second-order valence-corrected chi connectivity index (χ2v) is 6.11. The molecule has 6 nitrogen and oxygen atoms in total. The molecule has 2 heterocycles. The highest BCUT2D eigenvalue weighted by Gasteiger charge is 2.21. The van der Waals surface area contributed by atoms with Crippen LogP contribution < -0.4 is 9.80 Å². The number of morpholine rings is 1. The second-order valence-electron chi connectivity index (χ2n) is 5.23. The first kappa shape index (κ1) is 16.0. The first-order valence-electron chi connectivity index (χ1n) is 7.26. The molecule has 3 rings (SSSR count). The first-order valence-corrected chi connectivity index (χ1v) is 8.79. The van der Waals surface area contributed by atoms with Gasteiger partial charge in [-0.3, -0.25) is 4.79 Å². The van der Waals surface area contributed by atoms with Gasteiger partial charge in [-0.2, -0.15) is 0 Å². The van der Waals surface area contributed by atoms with Crippen LogP contribution >= 0.6 is 22.6 Å². The lowest BCUT2D eigenvalue weighted by Gasteiger charge is -2.28. The molecule has 2 fully saturated rings. The standard InChI is InChI=1S/C15H19IN2O4/c16-7-14-8-17(10-21-11-22-14)12-1-3-13(4-2-12)18-5-6-20-9-15(18)19/h1-4,14H,5-11H2/t14-/m0/s1. The van der Waals surface area contributed by atoms with Crippen molar-refractivity contribution in [3.63, 3.8) is 0 Å². The quantitative estimate of drug-likeness (QED) is 0.552. The summed E-state index contributed by atoms with van der Waals surface area (Å²) in [6.45, 7) is 3.01. The fraction of sp³-hybridized carbons (Fsp3) is 0.533. The largest absolute Gasteiger partial charge is 0.370 e. The van der Waals surface area contributed by atoms with Gasteiger partial charge in [0.25, 0.3) is 5.91 Å². The zero-order chi connectivity index (χ0) is 15.4. The van der Waals surface area contributed by atoms with Gasteiger partial charge in [0.05, 0.1) is 12.7 Å². The molecule has 0 bridgehead atoms. The van der Waals surface area contributed by atoms with Gasteiger partial charge in [-0.15, -0.1) is 0 Å². The van der Waals surface area contributed by atoms with Crippen molar-refractivity contribution in [3.05, 3.63) is 24.3 Å². The van der Waals surface area contributed by atoms with Gasteiger partial charge in [-0.25, -0.2) is 0 Å². The highest BCUT2D eigenvalue weighted by Crippen LogP contribution is 2.23. The normalized spacial score (nSPS) is 23.5. The van der Waals surface area contributed by atoms with Crippen LogP contribution in [0.1, 0.15) is 0 Å². The molecule has 0 aliphatic carbocycles. The van der Waals surface area contributed by atoms with E-state index in [-0.39, 0.29) is 18.6 Å². The van der Waals surface area contributed by atoms with E-state index in [4.69, 9.17) is 14.2 Å². The maximum absolute atomic E-state index is 11.9. The molecule has 0 saturated carbocycles. The van der Waals surface area contributed by atoms with Gasteiger partial charge in [-0.05, 0) is 24.3 Å². The Morgan fingerprint density at radius 1 is 1.18 bits per heavy atom. The van der Waals surface area contributed by atoms with Crippen molar-refractivity contribution in [2.45, 2.75) is 6.10 Å². The molecule has 0 radical (unpaired) electrons. The summed E-state index contributed by atoms with van der Waals surface area (Å²) >= 11 is 2.33. The number of hydrogen-bond donors (Lipinski definition) is 0. The lowest BCUT2D eigenvalue weighted by Crippen LogP contribution is -2.41. The molecule has 22 heavy (non-hydrogen) atoms. The summed E-state index contributed by atoms with van der Waals surface area (Å²) in [6.07, 6.45) is 0.170. The molecule has 0 aromatic heterocycles. The maximum Gasteiger partial charge on any atom is 0.253 e. The predicted molar refractivity (Wildman–Crippen MR) is 91.5 cm³/mol. The number of benzene rings is 1. The number of halogens is 1. The third kappa shape index (κ3) is 3.70. The highest BCUT2D eigenvalue weighted by atomic mass is 127. The summed E-state index contributed by atoms with van der Waals surface area (Å²) in [6, 6.07) is 8.00. The maximum atomic E-state index is 11.9. The predicted octanol–water partition coefficient (Wildman–Crippen LogP) is 1.62. The fourth-order valence-electron chi connectivity index (χ4n) is 2.55. The van der Waals surface area contributed by atoms with Crippen molar-refractivity contribution in [1.82, 2.24) is 0 Å². The molecule has 1 atom stereocenters. The summed E-state index contributed by atoms with van der Waals surface area (Å²) in [5.74, 6) is 0.00971. The molecule has 1 amide bonds. The van der Waals surface area contributed by atoms with Crippen molar-refractivity contribution in [1.29, 1.82) is 0 Å². The molecule has 1 aromatic carbocycles. The van der Waals surface area contributed by atoms with E-state index in [1.165, 1.54) is 0 Å². The van der Waals surface area contributed by atoms with Crippen molar-refractivity contribution >= 4 is 39.9 Å². The Morgan fingerprint density at radius 2 is 1.95 bits per heavy atom. The third-order valence-electron chi connectivity index (χ3n) is 3.74. The fourth-order valence-corrected chi connectivity index (χ4v) is 3.08. The summed E-state index contributed by atoms with van der Waals surface area (Å²) in [7, 11) is 0. The van der Waals surface area contributed by atoms with E-state index in [1.807, 2.05) is 24.3 Å². The Bertz CT molecular complexity index is 511. The number of carbonyl (C=O) groups is 1. The lowest BCUT2D eigenvalue weighted by atomic mass is 10.2. The summed E-state index contributed by atoms with van der Waals surface area (Å²) in [5, 5.41) is 0. The van der Waals surface area contributed by atoms with Crippen LogP contribution in [0.3, 0.4) is 0 Å². The van der Waals surface area contributed by atoms with Crippen LogP contribution in [-0.4, -0.2) is 56.3 Å². The Labute approximate surface area is 143 Å². The number of rotatable bonds is 3. The van der Waals surface area contributed by atoms with Gasteiger partial charge in [0.15, 0.2) is 0 Å². The SMILES string of the molecule is O=C1COCCN1c1ccc(N2COCO[C@@H](CI)C2)cc1. The molecule has 2 aliphatic rings. The van der Waals surface area contributed by atoms with Gasteiger partial charge >= 0.3 is 0 Å². The average Bonchev–Trinajstić information content (AvgIpc) is 2.81. The zero-order valence-corrected chi connectivity index (χ0v) is 14.4. The second kappa shape index (κ2) is 7.58. The smallest absolute Gasteiger partial charge is 0.253 e. The molecule has 1 aromatic rings. The number of nitrogens with zero attached hydrogens (tertiary/aromatic N) is 2. The third-order valence-corrected chi connectivity index (χ3v) is 4.73. The minimum Gasteiger partial charge on any atom is -0.370 e. The van der Waals surface area contributed by atoms with Gasteiger partial charge < -0.3 is 24.0 Å². The van der Waals surface area contributed by atoms with Crippen LogP contribution in [0.25, 0.3) is 0 Å². The van der Waals surface area contributed by atoms with Gasteiger partial charge in [0.2, 0.25) is 0 Å². The van der Waals surface area contributed by atoms with Crippen LogP contribution in [0.2, 0.25) is 0 Å². The highest BCUT2D eigenvalue weighted by molar-refractivity contribution is 14.1. The summed E-state index contributed by atoms with van der Waals surface area (Å²) in [5.41, 5.74) is 1.99. The summed E-state index contributed by atoms with van der Waals surface area (Å²) in [4.78, 5) is 15.8. The van der Waals surface area contributed by atoms with E-state index in [2.05, 4.69) is 27.5 Å². The number of anilines is 2. The Hall–Kier alpha value is -0.900. The number of alkyl halides is 1. The number of ether oxygens (including phenoxy) is 3. The Balaban J connectivity index is 1.71. The van der Waals surface area contributed by atoms with Gasteiger partial charge in [0, 0.05) is 28.9 Å². The van der Waals surface area contributed by atoms with Crippen molar-refractivity contribution < 1.29 is 19.0 Å². The van der Waals surface area contributed by atoms with Gasteiger partial charge in [-0.1, -0.05) is 22.6 Å². The van der Waals surface area contributed by atoms with E-state index in [0.29, 0.717) is 26.7 Å². The zero-order valence-electron chi connectivity index (χ0n) is 12.2. The summed E-state index contributed by atoms with van der Waals surface area (Å²) < 4.78 is 17.2. The van der Waals surface area contributed by atoms with Crippen molar-refractivity contribution in [2.75, 3.05) is 54.1 Å². The molecule has 0 spiro atoms. The average molecular weight is 418 g/mol. The van der Waals surface area contributed by atoms with Crippen LogP contribution in [0.15, 0.2) is 24.3 Å². The van der Waals surface area contributed by atoms with Crippen molar-refractivity contribution in [2.24, 2.45) is 0 Å². The molecule has 7 heteroatoms. The van der Waals surface area contributed by atoms with E-state index in [0.717, 1.165) is 22.3 Å². The molecule has 2 aliphatic heterocycles.